The fourth-order valence-corrected chi connectivity index (χ4v) is 3.62. The Labute approximate surface area is 161 Å². The van der Waals surface area contributed by atoms with Gasteiger partial charge in [0.25, 0.3) is 5.69 Å². The van der Waals surface area contributed by atoms with Gasteiger partial charge in [-0.25, -0.2) is 13.2 Å². The highest BCUT2D eigenvalue weighted by Crippen LogP contribution is 2.35. The maximum absolute atomic E-state index is 13.9. The fraction of sp³-hybridized carbons (Fsp3) is 0.278. The Morgan fingerprint density at radius 2 is 1.70 bits per heavy atom. The van der Waals surface area contributed by atoms with Crippen molar-refractivity contribution in [3.05, 3.63) is 67.9 Å². The molecule has 0 aromatic heterocycles. The summed E-state index contributed by atoms with van der Waals surface area (Å²) in [6.45, 7) is 0.635. The number of Topliss-reactive ketones (excluding diaryl/α,β-unsaturated/α-hetero) is 1. The molecule has 27 heavy (non-hydrogen) atoms. The van der Waals surface area contributed by atoms with Crippen LogP contribution in [0.15, 0.2) is 34.8 Å². The van der Waals surface area contributed by atoms with Gasteiger partial charge >= 0.3 is 0 Å². The third-order valence-electron chi connectivity index (χ3n) is 4.59. The third-order valence-corrected chi connectivity index (χ3v) is 5.09. The highest BCUT2D eigenvalue weighted by atomic mass is 79.9. The summed E-state index contributed by atoms with van der Waals surface area (Å²) in [5.41, 5.74) is -0.374. The first-order valence-corrected chi connectivity index (χ1v) is 8.95. The molecule has 0 saturated carbocycles. The molecule has 1 heterocycles. The lowest BCUT2D eigenvalue weighted by atomic mass is 9.88. The van der Waals surface area contributed by atoms with Crippen molar-refractivity contribution in [2.24, 2.45) is 5.92 Å². The maximum atomic E-state index is 13.9. The molecule has 1 saturated heterocycles. The van der Waals surface area contributed by atoms with Crippen molar-refractivity contribution in [3.8, 4) is 0 Å². The first kappa shape index (κ1) is 19.3. The van der Waals surface area contributed by atoms with E-state index in [1.54, 1.807) is 17.0 Å². The number of rotatable bonds is 4. The second-order valence-electron chi connectivity index (χ2n) is 6.26. The molecule has 0 radical (unpaired) electrons. The Bertz CT molecular complexity index is 892. The summed E-state index contributed by atoms with van der Waals surface area (Å²) in [7, 11) is 0. The summed E-state index contributed by atoms with van der Waals surface area (Å²) in [5.74, 6) is -4.88. The zero-order chi connectivity index (χ0) is 19.7. The quantitative estimate of drug-likeness (QED) is 0.384. The summed E-state index contributed by atoms with van der Waals surface area (Å²) < 4.78 is 41.4. The number of anilines is 1. The highest BCUT2D eigenvalue weighted by Gasteiger charge is 2.31. The molecule has 1 fully saturated rings. The minimum absolute atomic E-state index is 0.0569. The lowest BCUT2D eigenvalue weighted by Gasteiger charge is -2.32. The van der Waals surface area contributed by atoms with Crippen molar-refractivity contribution in [2.75, 3.05) is 18.0 Å². The predicted octanol–water partition coefficient (Wildman–Crippen LogP) is 4.87. The summed E-state index contributed by atoms with van der Waals surface area (Å²) in [5, 5.41) is 11.2. The monoisotopic (exact) mass is 442 g/mol. The van der Waals surface area contributed by atoms with E-state index < -0.39 is 39.6 Å². The van der Waals surface area contributed by atoms with Crippen LogP contribution in [0.1, 0.15) is 23.2 Å². The molecule has 0 N–H and O–H groups in total. The summed E-state index contributed by atoms with van der Waals surface area (Å²) in [4.78, 5) is 25.0. The van der Waals surface area contributed by atoms with E-state index >= 15 is 0 Å². The van der Waals surface area contributed by atoms with Crippen LogP contribution in [-0.2, 0) is 0 Å². The molecule has 2 aromatic carbocycles. The number of carbonyl (C=O) groups is 1. The van der Waals surface area contributed by atoms with Crippen molar-refractivity contribution in [2.45, 2.75) is 12.8 Å². The molecular weight excluding hydrogens is 429 g/mol. The van der Waals surface area contributed by atoms with Gasteiger partial charge in [-0.05, 0) is 25.0 Å². The smallest absolute Gasteiger partial charge is 0.292 e. The molecule has 0 aliphatic carbocycles. The predicted molar refractivity (Wildman–Crippen MR) is 96.4 cm³/mol. The van der Waals surface area contributed by atoms with Crippen molar-refractivity contribution < 1.29 is 22.9 Å². The second kappa shape index (κ2) is 7.67. The van der Waals surface area contributed by atoms with Gasteiger partial charge in [-0.1, -0.05) is 15.9 Å². The first-order chi connectivity index (χ1) is 12.8. The zero-order valence-corrected chi connectivity index (χ0v) is 15.5. The summed E-state index contributed by atoms with van der Waals surface area (Å²) in [6.07, 6.45) is 0.553. The lowest BCUT2D eigenvalue weighted by Crippen LogP contribution is -2.37. The number of nitro groups is 1. The molecule has 142 valence electrons. The normalized spacial score (nSPS) is 15.0. The van der Waals surface area contributed by atoms with Gasteiger partial charge in [-0.2, -0.15) is 0 Å². The summed E-state index contributed by atoms with van der Waals surface area (Å²) >= 11 is 3.28. The van der Waals surface area contributed by atoms with E-state index in [0.29, 0.717) is 35.4 Å². The number of nitrogens with zero attached hydrogens (tertiary/aromatic N) is 2. The van der Waals surface area contributed by atoms with Crippen LogP contribution >= 0.6 is 15.9 Å². The molecule has 2 aromatic rings. The molecule has 0 bridgehead atoms. The molecule has 5 nitrogen and oxygen atoms in total. The third kappa shape index (κ3) is 3.97. The van der Waals surface area contributed by atoms with Gasteiger partial charge in [0.2, 0.25) is 0 Å². The van der Waals surface area contributed by atoms with Crippen molar-refractivity contribution in [1.29, 1.82) is 0 Å². The Morgan fingerprint density at radius 3 is 2.26 bits per heavy atom. The molecular formula is C18H14BrF3N2O3. The number of hydrogen-bond acceptors (Lipinski definition) is 4. The average molecular weight is 443 g/mol. The zero-order valence-electron chi connectivity index (χ0n) is 13.9. The van der Waals surface area contributed by atoms with Gasteiger partial charge in [-0.15, -0.1) is 0 Å². The van der Waals surface area contributed by atoms with Crippen LogP contribution in [0.3, 0.4) is 0 Å². The standard InChI is InChI=1S/C18H14BrF3N2O3/c19-11-1-2-15(24(26)27)16(7-11)23-5-3-10(4-6-23)18(25)17-13(21)8-12(20)9-14(17)22/h1-2,7-10H,3-6H2. The van der Waals surface area contributed by atoms with Crippen molar-refractivity contribution in [3.63, 3.8) is 0 Å². The largest absolute Gasteiger partial charge is 0.366 e. The minimum atomic E-state index is -1.22. The average Bonchev–Trinajstić information content (AvgIpc) is 2.60. The van der Waals surface area contributed by atoms with E-state index in [4.69, 9.17) is 0 Å². The number of ketones is 1. The van der Waals surface area contributed by atoms with Crippen LogP contribution in [0.5, 0.6) is 0 Å². The molecule has 3 rings (SSSR count). The van der Waals surface area contributed by atoms with Crippen LogP contribution in [0.4, 0.5) is 24.5 Å². The second-order valence-corrected chi connectivity index (χ2v) is 7.18. The van der Waals surface area contributed by atoms with E-state index in [9.17, 15) is 28.1 Å². The molecule has 1 aliphatic rings. The minimum Gasteiger partial charge on any atom is -0.366 e. The van der Waals surface area contributed by atoms with Crippen LogP contribution in [-0.4, -0.2) is 23.8 Å². The van der Waals surface area contributed by atoms with Gasteiger partial charge in [0.1, 0.15) is 23.1 Å². The number of benzene rings is 2. The Balaban J connectivity index is 1.78. The number of nitro benzene ring substituents is 1. The molecule has 0 amide bonds. The number of piperidine rings is 1. The van der Waals surface area contributed by atoms with Crippen molar-refractivity contribution >= 4 is 33.1 Å². The molecule has 9 heteroatoms. The Morgan fingerprint density at radius 1 is 1.11 bits per heavy atom. The molecule has 1 aliphatic heterocycles. The van der Waals surface area contributed by atoms with Crippen LogP contribution in [0.25, 0.3) is 0 Å². The molecule has 0 atom stereocenters. The van der Waals surface area contributed by atoms with Crippen LogP contribution in [0, 0.1) is 33.5 Å². The molecule has 0 spiro atoms. The SMILES string of the molecule is O=C(c1c(F)cc(F)cc1F)C1CCN(c2cc(Br)ccc2[N+](=O)[O-])CC1. The van der Waals surface area contributed by atoms with E-state index in [-0.39, 0.29) is 18.5 Å². The Kier molecular flexibility index (Phi) is 5.50. The Hall–Kier alpha value is -2.42. The van der Waals surface area contributed by atoms with Gasteiger partial charge in [0.05, 0.1) is 10.5 Å². The number of hydrogen-bond donors (Lipinski definition) is 0. The highest BCUT2D eigenvalue weighted by molar-refractivity contribution is 9.10. The van der Waals surface area contributed by atoms with Crippen LogP contribution < -0.4 is 4.90 Å². The van der Waals surface area contributed by atoms with Crippen LogP contribution in [0.2, 0.25) is 0 Å². The topological polar surface area (TPSA) is 63.5 Å². The van der Waals surface area contributed by atoms with E-state index in [2.05, 4.69) is 15.9 Å². The van der Waals surface area contributed by atoms with Gasteiger partial charge in [0, 0.05) is 41.7 Å². The van der Waals surface area contributed by atoms with E-state index in [1.165, 1.54) is 6.07 Å². The molecule has 0 unspecified atom stereocenters. The van der Waals surface area contributed by atoms with Gasteiger partial charge < -0.3 is 4.90 Å². The van der Waals surface area contributed by atoms with E-state index in [0.717, 1.165) is 0 Å². The first-order valence-electron chi connectivity index (χ1n) is 8.15. The number of carbonyl (C=O) groups excluding carboxylic acids is 1. The van der Waals surface area contributed by atoms with Gasteiger partial charge in [-0.3, -0.25) is 14.9 Å². The number of halogens is 4. The summed E-state index contributed by atoms with van der Waals surface area (Å²) in [6, 6.07) is 5.55. The fourth-order valence-electron chi connectivity index (χ4n) is 3.27. The van der Waals surface area contributed by atoms with Crippen molar-refractivity contribution in [1.82, 2.24) is 0 Å². The maximum Gasteiger partial charge on any atom is 0.292 e. The van der Waals surface area contributed by atoms with E-state index in [1.807, 2.05) is 0 Å². The van der Waals surface area contributed by atoms with Gasteiger partial charge in [0.15, 0.2) is 5.78 Å². The lowest BCUT2D eigenvalue weighted by molar-refractivity contribution is -0.384.